The summed E-state index contributed by atoms with van der Waals surface area (Å²) >= 11 is 0. The highest BCUT2D eigenvalue weighted by molar-refractivity contribution is 5.78. The van der Waals surface area contributed by atoms with Gasteiger partial charge < -0.3 is 10.0 Å². The zero-order valence-corrected chi connectivity index (χ0v) is 12.6. The quantitative estimate of drug-likeness (QED) is 0.695. The summed E-state index contributed by atoms with van der Waals surface area (Å²) in [4.78, 5) is 16.5. The van der Waals surface area contributed by atoms with E-state index in [1.807, 2.05) is 4.90 Å². The molecule has 1 atom stereocenters. The fourth-order valence-corrected chi connectivity index (χ4v) is 2.64. The number of aliphatic hydroxyl groups is 1. The van der Waals surface area contributed by atoms with Crippen LogP contribution in [0.5, 0.6) is 0 Å². The maximum absolute atomic E-state index is 12.4. The molecule has 112 valence electrons. The summed E-state index contributed by atoms with van der Waals surface area (Å²) < 4.78 is 0. The van der Waals surface area contributed by atoms with E-state index in [0.717, 1.165) is 58.2 Å². The van der Waals surface area contributed by atoms with Gasteiger partial charge in [0.1, 0.15) is 0 Å². The van der Waals surface area contributed by atoms with Gasteiger partial charge in [0.25, 0.3) is 0 Å². The van der Waals surface area contributed by atoms with Crippen molar-refractivity contribution in [2.75, 3.05) is 32.8 Å². The summed E-state index contributed by atoms with van der Waals surface area (Å²) in [6.07, 6.45) is 6.53. The maximum atomic E-state index is 12.4. The Balaban J connectivity index is 2.45. The van der Waals surface area contributed by atoms with E-state index in [4.69, 9.17) is 0 Å². The molecule has 0 bridgehead atoms. The predicted molar refractivity (Wildman–Crippen MR) is 78.1 cm³/mol. The highest BCUT2D eigenvalue weighted by Gasteiger charge is 2.26. The van der Waals surface area contributed by atoms with Crippen LogP contribution in [0.15, 0.2) is 0 Å². The second kappa shape index (κ2) is 9.32. The summed E-state index contributed by atoms with van der Waals surface area (Å²) in [7, 11) is 0. The molecule has 0 aromatic heterocycles. The summed E-state index contributed by atoms with van der Waals surface area (Å²) in [5, 5.41) is 9.30. The van der Waals surface area contributed by atoms with Crippen LogP contribution >= 0.6 is 0 Å². The number of hydrogen-bond acceptors (Lipinski definition) is 3. The normalized spacial score (nSPS) is 19.8. The number of rotatable bonds is 9. The van der Waals surface area contributed by atoms with E-state index in [2.05, 4.69) is 18.7 Å². The summed E-state index contributed by atoms with van der Waals surface area (Å²) in [6, 6.07) is 0.197. The molecular formula is C15H30N2O2. The molecule has 1 fully saturated rings. The van der Waals surface area contributed by atoms with Crippen LogP contribution in [0.3, 0.4) is 0 Å². The number of carbonyl (C=O) groups is 1. The topological polar surface area (TPSA) is 43.8 Å². The molecule has 0 radical (unpaired) electrons. The molecule has 1 saturated heterocycles. The first-order valence-corrected chi connectivity index (χ1v) is 7.85. The van der Waals surface area contributed by atoms with E-state index in [1.54, 1.807) is 0 Å². The standard InChI is InChI=1S/C15H30N2O2/c1-3-5-9-16(10-6-4-2)15(19)12-17-11-7-8-14(17)13-18/h14,18H,3-13H2,1-2H3. The molecule has 1 rings (SSSR count). The van der Waals surface area contributed by atoms with Crippen molar-refractivity contribution in [3.8, 4) is 0 Å². The molecule has 0 aliphatic carbocycles. The lowest BCUT2D eigenvalue weighted by atomic mass is 10.2. The lowest BCUT2D eigenvalue weighted by Gasteiger charge is -2.27. The van der Waals surface area contributed by atoms with Crippen molar-refractivity contribution in [2.24, 2.45) is 0 Å². The minimum atomic E-state index is 0.178. The van der Waals surface area contributed by atoms with Crippen molar-refractivity contribution < 1.29 is 9.90 Å². The molecule has 19 heavy (non-hydrogen) atoms. The number of amides is 1. The van der Waals surface area contributed by atoms with Crippen molar-refractivity contribution in [1.82, 2.24) is 9.80 Å². The SMILES string of the molecule is CCCCN(CCCC)C(=O)CN1CCCC1CO. The van der Waals surface area contributed by atoms with Crippen LogP contribution in [0.1, 0.15) is 52.4 Å². The summed E-state index contributed by atoms with van der Waals surface area (Å²) in [5.74, 6) is 0.238. The Morgan fingerprint density at radius 3 is 2.42 bits per heavy atom. The second-order valence-corrected chi connectivity index (χ2v) is 5.54. The predicted octanol–water partition coefficient (Wildman–Crippen LogP) is 1.87. The highest BCUT2D eigenvalue weighted by Crippen LogP contribution is 2.16. The lowest BCUT2D eigenvalue weighted by molar-refractivity contribution is -0.133. The van der Waals surface area contributed by atoms with Crippen LogP contribution in [0.4, 0.5) is 0 Å². The zero-order valence-electron chi connectivity index (χ0n) is 12.6. The first-order valence-electron chi connectivity index (χ1n) is 7.85. The molecule has 0 aromatic rings. The average Bonchev–Trinajstić information content (AvgIpc) is 2.86. The van der Waals surface area contributed by atoms with Gasteiger partial charge in [0.05, 0.1) is 13.2 Å². The fourth-order valence-electron chi connectivity index (χ4n) is 2.64. The van der Waals surface area contributed by atoms with Crippen molar-refractivity contribution >= 4 is 5.91 Å². The molecule has 4 nitrogen and oxygen atoms in total. The minimum absolute atomic E-state index is 0.178. The molecule has 0 aromatic carbocycles. The molecule has 1 amide bonds. The van der Waals surface area contributed by atoms with E-state index in [-0.39, 0.29) is 18.6 Å². The molecule has 0 spiro atoms. The van der Waals surface area contributed by atoms with Gasteiger partial charge in [-0.05, 0) is 32.2 Å². The fraction of sp³-hybridized carbons (Fsp3) is 0.933. The number of unbranched alkanes of at least 4 members (excludes halogenated alkanes) is 2. The van der Waals surface area contributed by atoms with Crippen LogP contribution in [-0.4, -0.2) is 59.6 Å². The van der Waals surface area contributed by atoms with Crippen LogP contribution in [0, 0.1) is 0 Å². The smallest absolute Gasteiger partial charge is 0.236 e. The molecule has 4 heteroatoms. The van der Waals surface area contributed by atoms with E-state index in [1.165, 1.54) is 0 Å². The van der Waals surface area contributed by atoms with Crippen LogP contribution in [0.25, 0.3) is 0 Å². The van der Waals surface area contributed by atoms with Gasteiger partial charge in [0, 0.05) is 19.1 Å². The number of aliphatic hydroxyl groups excluding tert-OH is 1. The number of carbonyl (C=O) groups excluding carboxylic acids is 1. The Morgan fingerprint density at radius 2 is 1.89 bits per heavy atom. The minimum Gasteiger partial charge on any atom is -0.395 e. The lowest BCUT2D eigenvalue weighted by Crippen LogP contribution is -2.43. The Kier molecular flexibility index (Phi) is 8.07. The van der Waals surface area contributed by atoms with Gasteiger partial charge in [0.15, 0.2) is 0 Å². The molecule has 1 N–H and O–H groups in total. The Hall–Kier alpha value is -0.610. The van der Waals surface area contributed by atoms with Gasteiger partial charge in [0.2, 0.25) is 5.91 Å². The Labute approximate surface area is 117 Å². The Bertz CT molecular complexity index is 251. The average molecular weight is 270 g/mol. The van der Waals surface area contributed by atoms with Crippen LogP contribution in [-0.2, 0) is 4.79 Å². The van der Waals surface area contributed by atoms with E-state index in [9.17, 15) is 9.90 Å². The van der Waals surface area contributed by atoms with Crippen molar-refractivity contribution in [2.45, 2.75) is 58.4 Å². The van der Waals surface area contributed by atoms with Gasteiger partial charge in [-0.1, -0.05) is 26.7 Å². The van der Waals surface area contributed by atoms with Gasteiger partial charge >= 0.3 is 0 Å². The monoisotopic (exact) mass is 270 g/mol. The first kappa shape index (κ1) is 16.4. The van der Waals surface area contributed by atoms with Gasteiger partial charge in [-0.25, -0.2) is 0 Å². The highest BCUT2D eigenvalue weighted by atomic mass is 16.3. The van der Waals surface area contributed by atoms with Crippen molar-refractivity contribution in [3.05, 3.63) is 0 Å². The van der Waals surface area contributed by atoms with E-state index < -0.39 is 0 Å². The van der Waals surface area contributed by atoms with Crippen molar-refractivity contribution in [1.29, 1.82) is 0 Å². The third kappa shape index (κ3) is 5.49. The van der Waals surface area contributed by atoms with Gasteiger partial charge in [-0.2, -0.15) is 0 Å². The Morgan fingerprint density at radius 1 is 1.26 bits per heavy atom. The maximum Gasteiger partial charge on any atom is 0.236 e. The third-order valence-corrected chi connectivity index (χ3v) is 3.96. The third-order valence-electron chi connectivity index (χ3n) is 3.96. The molecule has 1 heterocycles. The van der Waals surface area contributed by atoms with E-state index >= 15 is 0 Å². The second-order valence-electron chi connectivity index (χ2n) is 5.54. The van der Waals surface area contributed by atoms with Gasteiger partial charge in [-0.15, -0.1) is 0 Å². The molecule has 0 saturated carbocycles. The zero-order chi connectivity index (χ0) is 14.1. The number of nitrogens with zero attached hydrogens (tertiary/aromatic N) is 2. The molecular weight excluding hydrogens is 240 g/mol. The molecule has 1 aliphatic rings. The summed E-state index contributed by atoms with van der Waals surface area (Å²) in [5.41, 5.74) is 0. The van der Waals surface area contributed by atoms with Gasteiger partial charge in [-0.3, -0.25) is 9.69 Å². The first-order chi connectivity index (χ1) is 9.22. The summed E-state index contributed by atoms with van der Waals surface area (Å²) in [6.45, 7) is 7.69. The number of hydrogen-bond donors (Lipinski definition) is 1. The van der Waals surface area contributed by atoms with E-state index in [0.29, 0.717) is 6.54 Å². The number of likely N-dealkylation sites (tertiary alicyclic amines) is 1. The molecule has 1 unspecified atom stereocenters. The molecule has 1 aliphatic heterocycles. The van der Waals surface area contributed by atoms with Crippen LogP contribution < -0.4 is 0 Å². The van der Waals surface area contributed by atoms with Crippen molar-refractivity contribution in [3.63, 3.8) is 0 Å². The van der Waals surface area contributed by atoms with Crippen LogP contribution in [0.2, 0.25) is 0 Å². The largest absolute Gasteiger partial charge is 0.395 e.